The minimum atomic E-state index is -3.75. The molecule has 0 bridgehead atoms. The van der Waals surface area contributed by atoms with Gasteiger partial charge in [-0.3, -0.25) is 19.2 Å². The molecule has 7 nitrogen and oxygen atoms in total. The first kappa shape index (κ1) is 23.2. The summed E-state index contributed by atoms with van der Waals surface area (Å²) in [6.45, 7) is 4.46. The zero-order valence-electron chi connectivity index (χ0n) is 18.2. The highest BCUT2D eigenvalue weighted by Gasteiger charge is 2.24. The summed E-state index contributed by atoms with van der Waals surface area (Å²) in [6.07, 6.45) is 0. The molecule has 0 atom stereocenters. The van der Waals surface area contributed by atoms with E-state index in [2.05, 4.69) is 9.62 Å². The molecular weight excluding hydrogens is 458 g/mol. The Kier molecular flexibility index (Phi) is 6.92. The van der Waals surface area contributed by atoms with Crippen LogP contribution in [0, 0.1) is 6.92 Å². The largest absolute Gasteiger partial charge is 0.336 e. The van der Waals surface area contributed by atoms with Gasteiger partial charge in [-0.2, -0.15) is 0 Å². The zero-order valence-corrected chi connectivity index (χ0v) is 19.9. The van der Waals surface area contributed by atoms with E-state index in [1.54, 1.807) is 29.2 Å². The average Bonchev–Trinajstić information content (AvgIpc) is 3.36. The van der Waals surface area contributed by atoms with Gasteiger partial charge in [0.2, 0.25) is 0 Å². The lowest BCUT2D eigenvalue weighted by Gasteiger charge is -2.34. The highest BCUT2D eigenvalue weighted by Crippen LogP contribution is 2.20. The fourth-order valence-electron chi connectivity index (χ4n) is 3.68. The van der Waals surface area contributed by atoms with Crippen LogP contribution in [0.5, 0.6) is 0 Å². The van der Waals surface area contributed by atoms with Crippen molar-refractivity contribution in [2.75, 3.05) is 37.4 Å². The van der Waals surface area contributed by atoms with E-state index < -0.39 is 10.0 Å². The molecule has 1 aromatic heterocycles. The van der Waals surface area contributed by atoms with E-state index in [1.807, 2.05) is 36.6 Å². The molecule has 1 fully saturated rings. The van der Waals surface area contributed by atoms with Crippen molar-refractivity contribution in [3.05, 3.63) is 82.0 Å². The maximum absolute atomic E-state index is 12.9. The molecule has 33 heavy (non-hydrogen) atoms. The van der Waals surface area contributed by atoms with Crippen molar-refractivity contribution >= 4 is 38.7 Å². The Labute approximate surface area is 197 Å². The van der Waals surface area contributed by atoms with E-state index >= 15 is 0 Å². The maximum atomic E-state index is 12.9. The standard InChI is InChI=1S/C24H25N3O4S2/c1-18-5-2-3-6-21(18)25-33(30,31)20-10-8-19(9-11-20)24(29)27-14-12-26(13-15-27)17-22(28)23-7-4-16-32-23/h2-11,16,25H,12-15,17H2,1H3. The molecule has 1 aliphatic rings. The molecule has 0 aliphatic carbocycles. The second-order valence-corrected chi connectivity index (χ2v) is 10.5. The molecule has 1 saturated heterocycles. The van der Waals surface area contributed by atoms with E-state index in [9.17, 15) is 18.0 Å². The minimum absolute atomic E-state index is 0.0965. The lowest BCUT2D eigenvalue weighted by Crippen LogP contribution is -2.49. The maximum Gasteiger partial charge on any atom is 0.261 e. The van der Waals surface area contributed by atoms with Gasteiger partial charge < -0.3 is 4.90 Å². The molecule has 1 amide bonds. The van der Waals surface area contributed by atoms with Crippen LogP contribution >= 0.6 is 11.3 Å². The zero-order chi connectivity index (χ0) is 23.4. The van der Waals surface area contributed by atoms with Gasteiger partial charge in [-0.05, 0) is 54.3 Å². The van der Waals surface area contributed by atoms with Gasteiger partial charge in [0.15, 0.2) is 5.78 Å². The SMILES string of the molecule is Cc1ccccc1NS(=O)(=O)c1ccc(C(=O)N2CCN(CC(=O)c3cccs3)CC2)cc1. The predicted molar refractivity (Wildman–Crippen MR) is 129 cm³/mol. The Morgan fingerprint density at radius 1 is 0.939 bits per heavy atom. The number of thiophene rings is 1. The highest BCUT2D eigenvalue weighted by molar-refractivity contribution is 7.92. The molecule has 1 N–H and O–H groups in total. The van der Waals surface area contributed by atoms with Crippen LogP contribution in [0.3, 0.4) is 0 Å². The van der Waals surface area contributed by atoms with Crippen LogP contribution < -0.4 is 4.72 Å². The lowest BCUT2D eigenvalue weighted by atomic mass is 10.1. The van der Waals surface area contributed by atoms with Crippen LogP contribution in [0.25, 0.3) is 0 Å². The molecule has 9 heteroatoms. The van der Waals surface area contributed by atoms with Gasteiger partial charge in [-0.15, -0.1) is 11.3 Å². The highest BCUT2D eigenvalue weighted by atomic mass is 32.2. The number of ketones is 1. The van der Waals surface area contributed by atoms with E-state index in [-0.39, 0.29) is 16.6 Å². The quantitative estimate of drug-likeness (QED) is 0.520. The van der Waals surface area contributed by atoms with Crippen LogP contribution in [0.2, 0.25) is 0 Å². The number of rotatable bonds is 7. The summed E-state index contributed by atoms with van der Waals surface area (Å²) in [5, 5.41) is 1.89. The number of nitrogens with zero attached hydrogens (tertiary/aromatic N) is 2. The topological polar surface area (TPSA) is 86.8 Å². The summed E-state index contributed by atoms with van der Waals surface area (Å²) in [5.74, 6) is -0.0454. The molecule has 172 valence electrons. The average molecular weight is 484 g/mol. The van der Waals surface area contributed by atoms with Crippen molar-refractivity contribution in [1.82, 2.24) is 9.80 Å². The summed E-state index contributed by atoms with van der Waals surface area (Å²) < 4.78 is 28.0. The molecule has 4 rings (SSSR count). The molecule has 0 radical (unpaired) electrons. The first-order valence-electron chi connectivity index (χ1n) is 10.6. The number of sulfonamides is 1. The van der Waals surface area contributed by atoms with Gasteiger partial charge >= 0.3 is 0 Å². The van der Waals surface area contributed by atoms with Crippen LogP contribution in [0.15, 0.2) is 70.9 Å². The van der Waals surface area contributed by atoms with E-state index in [0.29, 0.717) is 44.0 Å². The number of amides is 1. The summed E-state index contributed by atoms with van der Waals surface area (Å²) in [4.78, 5) is 29.8. The smallest absolute Gasteiger partial charge is 0.261 e. The number of benzene rings is 2. The van der Waals surface area contributed by atoms with Gasteiger partial charge in [0.25, 0.3) is 15.9 Å². The summed E-state index contributed by atoms with van der Waals surface area (Å²) in [6, 6.07) is 16.8. The van der Waals surface area contributed by atoms with Crippen molar-refractivity contribution in [3.63, 3.8) is 0 Å². The summed E-state index contributed by atoms with van der Waals surface area (Å²) in [7, 11) is -3.75. The number of anilines is 1. The van der Waals surface area contributed by atoms with E-state index in [4.69, 9.17) is 0 Å². The van der Waals surface area contributed by atoms with Crippen molar-refractivity contribution in [2.24, 2.45) is 0 Å². The van der Waals surface area contributed by atoms with E-state index in [0.717, 1.165) is 10.4 Å². The second-order valence-electron chi connectivity index (χ2n) is 7.91. The molecule has 0 unspecified atom stereocenters. The fourth-order valence-corrected chi connectivity index (χ4v) is 5.47. The number of carbonyl (C=O) groups is 2. The van der Waals surface area contributed by atoms with Crippen LogP contribution in [-0.2, 0) is 10.0 Å². The number of nitrogens with one attached hydrogen (secondary N) is 1. The molecule has 1 aliphatic heterocycles. The lowest BCUT2D eigenvalue weighted by molar-refractivity contribution is 0.0625. The molecular formula is C24H25N3O4S2. The van der Waals surface area contributed by atoms with Gasteiger partial charge in [-0.25, -0.2) is 8.42 Å². The Bertz CT molecular complexity index is 1230. The first-order valence-corrected chi connectivity index (χ1v) is 13.0. The molecule has 0 spiro atoms. The second kappa shape index (κ2) is 9.86. The summed E-state index contributed by atoms with van der Waals surface area (Å²) in [5.41, 5.74) is 1.78. The monoisotopic (exact) mass is 483 g/mol. The number of aryl methyl sites for hydroxylation is 1. The Balaban J connectivity index is 1.35. The van der Waals surface area contributed by atoms with Crippen molar-refractivity contribution in [3.8, 4) is 0 Å². The third-order valence-corrected chi connectivity index (χ3v) is 7.92. The van der Waals surface area contributed by atoms with Crippen molar-refractivity contribution < 1.29 is 18.0 Å². The summed E-state index contributed by atoms with van der Waals surface area (Å²) >= 11 is 1.44. The molecule has 0 saturated carbocycles. The predicted octanol–water partition coefficient (Wildman–Crippen LogP) is 3.50. The van der Waals surface area contributed by atoms with Gasteiger partial charge in [0, 0.05) is 31.7 Å². The molecule has 2 heterocycles. The van der Waals surface area contributed by atoms with Gasteiger partial charge in [0.05, 0.1) is 22.0 Å². The Morgan fingerprint density at radius 3 is 2.27 bits per heavy atom. The van der Waals surface area contributed by atoms with E-state index in [1.165, 1.54) is 23.5 Å². The van der Waals surface area contributed by atoms with Crippen molar-refractivity contribution in [1.29, 1.82) is 0 Å². The third kappa shape index (κ3) is 5.50. The number of piperazine rings is 1. The number of Topliss-reactive ketones (excluding diaryl/α,β-unsaturated/α-hetero) is 1. The number of para-hydroxylation sites is 1. The molecule has 3 aromatic rings. The Morgan fingerprint density at radius 2 is 1.64 bits per heavy atom. The number of hydrogen-bond donors (Lipinski definition) is 1. The number of hydrogen-bond acceptors (Lipinski definition) is 6. The number of carbonyl (C=O) groups excluding carboxylic acids is 2. The van der Waals surface area contributed by atoms with Crippen LogP contribution in [0.1, 0.15) is 25.6 Å². The van der Waals surface area contributed by atoms with Gasteiger partial charge in [-0.1, -0.05) is 24.3 Å². The van der Waals surface area contributed by atoms with Gasteiger partial charge in [0.1, 0.15) is 0 Å². The first-order chi connectivity index (χ1) is 15.8. The van der Waals surface area contributed by atoms with Crippen molar-refractivity contribution in [2.45, 2.75) is 11.8 Å². The third-order valence-electron chi connectivity index (χ3n) is 5.62. The fraction of sp³-hybridized carbons (Fsp3) is 0.250. The Hall–Kier alpha value is -3.01. The van der Waals surface area contributed by atoms with Crippen LogP contribution in [-0.4, -0.2) is 62.6 Å². The minimum Gasteiger partial charge on any atom is -0.336 e. The molecule has 2 aromatic carbocycles. The van der Waals surface area contributed by atoms with Crippen LogP contribution in [0.4, 0.5) is 5.69 Å². The normalized spacial score (nSPS) is 14.8.